The standard InChI is InChI=1S/C16H24F3N7S2.HI/c1-11-24-25-13(26(11)2)9-22-15(20-6-4-8-27-3)21-7-5-14-23-12(10-28-14)16(17,18)19;/h10H,4-9H2,1-3H3,(H2,20,21,22);1H. The van der Waals surface area contributed by atoms with Gasteiger partial charge in [0.15, 0.2) is 17.5 Å². The second-order valence-corrected chi connectivity index (χ2v) is 7.89. The summed E-state index contributed by atoms with van der Waals surface area (Å²) in [5.41, 5.74) is -0.839. The Labute approximate surface area is 193 Å². The summed E-state index contributed by atoms with van der Waals surface area (Å²) in [5, 5.41) is 16.0. The van der Waals surface area contributed by atoms with Crippen LogP contribution in [0.15, 0.2) is 10.4 Å². The average molecular weight is 563 g/mol. The Morgan fingerprint density at radius 2 is 2.00 bits per heavy atom. The number of guanidine groups is 1. The zero-order chi connectivity index (χ0) is 20.6. The van der Waals surface area contributed by atoms with E-state index in [4.69, 9.17) is 0 Å². The number of nitrogens with zero attached hydrogens (tertiary/aromatic N) is 5. The maximum absolute atomic E-state index is 12.6. The van der Waals surface area contributed by atoms with Crippen molar-refractivity contribution in [2.75, 3.05) is 25.1 Å². The minimum Gasteiger partial charge on any atom is -0.356 e. The van der Waals surface area contributed by atoms with E-state index < -0.39 is 11.9 Å². The van der Waals surface area contributed by atoms with Crippen LogP contribution >= 0.6 is 47.1 Å². The molecule has 164 valence electrons. The minimum absolute atomic E-state index is 0. The molecule has 7 nitrogen and oxygen atoms in total. The number of thiazole rings is 1. The third kappa shape index (κ3) is 8.66. The smallest absolute Gasteiger partial charge is 0.356 e. The number of nitrogens with one attached hydrogen (secondary N) is 2. The van der Waals surface area contributed by atoms with Gasteiger partial charge in [0.25, 0.3) is 0 Å². The third-order valence-corrected chi connectivity index (χ3v) is 5.46. The predicted octanol–water partition coefficient (Wildman–Crippen LogP) is 3.25. The molecule has 2 N–H and O–H groups in total. The number of hydrogen-bond donors (Lipinski definition) is 2. The molecule has 2 aromatic heterocycles. The van der Waals surface area contributed by atoms with Crippen LogP contribution in [0, 0.1) is 6.92 Å². The van der Waals surface area contributed by atoms with Crippen LogP contribution in [-0.4, -0.2) is 50.8 Å². The van der Waals surface area contributed by atoms with Gasteiger partial charge < -0.3 is 15.2 Å². The molecule has 0 amide bonds. The average Bonchev–Trinajstić information content (AvgIpc) is 3.24. The number of hydrogen-bond acceptors (Lipinski definition) is 6. The monoisotopic (exact) mass is 563 g/mol. The summed E-state index contributed by atoms with van der Waals surface area (Å²) in [7, 11) is 1.87. The van der Waals surface area contributed by atoms with Crippen molar-refractivity contribution in [3.8, 4) is 0 Å². The molecule has 0 aliphatic rings. The van der Waals surface area contributed by atoms with E-state index in [1.807, 2.05) is 24.8 Å². The lowest BCUT2D eigenvalue weighted by Crippen LogP contribution is -2.39. The van der Waals surface area contributed by atoms with Crippen molar-refractivity contribution in [2.24, 2.45) is 12.0 Å². The Morgan fingerprint density at radius 3 is 2.59 bits per heavy atom. The Bertz CT molecular complexity index is 777. The molecule has 0 fully saturated rings. The van der Waals surface area contributed by atoms with Crippen LogP contribution in [0.3, 0.4) is 0 Å². The number of thioether (sulfide) groups is 1. The van der Waals surface area contributed by atoms with Crippen molar-refractivity contribution >= 4 is 53.0 Å². The first-order valence-electron chi connectivity index (χ1n) is 8.69. The van der Waals surface area contributed by atoms with Crippen molar-refractivity contribution in [1.29, 1.82) is 0 Å². The molecule has 0 saturated carbocycles. The zero-order valence-corrected chi connectivity index (χ0v) is 20.4. The highest BCUT2D eigenvalue weighted by atomic mass is 127. The Hall–Kier alpha value is -1.09. The Morgan fingerprint density at radius 1 is 1.28 bits per heavy atom. The van der Waals surface area contributed by atoms with Gasteiger partial charge in [0, 0.05) is 31.9 Å². The van der Waals surface area contributed by atoms with Crippen molar-refractivity contribution < 1.29 is 13.2 Å². The van der Waals surface area contributed by atoms with Gasteiger partial charge in [-0.2, -0.15) is 24.9 Å². The summed E-state index contributed by atoms with van der Waals surface area (Å²) in [6.45, 7) is 3.39. The van der Waals surface area contributed by atoms with Crippen molar-refractivity contribution in [2.45, 2.75) is 32.5 Å². The fourth-order valence-corrected chi connectivity index (χ4v) is 3.42. The number of alkyl halides is 3. The molecule has 0 unspecified atom stereocenters. The van der Waals surface area contributed by atoms with Crippen LogP contribution in [0.1, 0.15) is 28.8 Å². The van der Waals surface area contributed by atoms with E-state index in [-0.39, 0.29) is 24.0 Å². The summed E-state index contributed by atoms with van der Waals surface area (Å²) >= 11 is 2.78. The molecular formula is C16H25F3IN7S2. The minimum atomic E-state index is -4.40. The second kappa shape index (κ2) is 12.6. The van der Waals surface area contributed by atoms with Gasteiger partial charge in [-0.15, -0.1) is 45.5 Å². The first-order chi connectivity index (χ1) is 13.3. The highest BCUT2D eigenvalue weighted by Gasteiger charge is 2.33. The quantitative estimate of drug-likeness (QED) is 0.211. The molecule has 2 aromatic rings. The molecule has 2 heterocycles. The van der Waals surface area contributed by atoms with E-state index in [0.29, 0.717) is 30.5 Å². The van der Waals surface area contributed by atoms with E-state index >= 15 is 0 Å². The largest absolute Gasteiger partial charge is 0.434 e. The molecule has 0 spiro atoms. The first kappa shape index (κ1) is 25.9. The maximum atomic E-state index is 12.6. The van der Waals surface area contributed by atoms with Crippen LogP contribution < -0.4 is 10.6 Å². The second-order valence-electron chi connectivity index (χ2n) is 5.96. The van der Waals surface area contributed by atoms with Crippen LogP contribution in [0.2, 0.25) is 0 Å². The van der Waals surface area contributed by atoms with E-state index in [9.17, 15) is 13.2 Å². The fourth-order valence-electron chi connectivity index (χ4n) is 2.18. The number of halogens is 4. The predicted molar refractivity (Wildman–Crippen MR) is 122 cm³/mol. The van der Waals surface area contributed by atoms with Gasteiger partial charge in [-0.3, -0.25) is 0 Å². The number of rotatable bonds is 9. The summed E-state index contributed by atoms with van der Waals surface area (Å²) in [5.74, 6) is 3.16. The Kier molecular flexibility index (Phi) is 11.2. The van der Waals surface area contributed by atoms with Gasteiger partial charge in [-0.05, 0) is 25.4 Å². The third-order valence-electron chi connectivity index (χ3n) is 3.85. The Balaban J connectivity index is 0.00000420. The van der Waals surface area contributed by atoms with Crippen molar-refractivity contribution in [3.63, 3.8) is 0 Å². The highest BCUT2D eigenvalue weighted by Crippen LogP contribution is 2.29. The molecule has 0 atom stereocenters. The highest BCUT2D eigenvalue weighted by molar-refractivity contribution is 14.0. The molecule has 0 bridgehead atoms. The number of aromatic nitrogens is 4. The molecule has 0 aliphatic carbocycles. The van der Waals surface area contributed by atoms with Crippen molar-refractivity contribution in [3.05, 3.63) is 27.7 Å². The normalized spacial score (nSPS) is 12.0. The van der Waals surface area contributed by atoms with Gasteiger partial charge in [0.2, 0.25) is 0 Å². The molecular weight excluding hydrogens is 538 g/mol. The molecule has 0 radical (unpaired) electrons. The van der Waals surface area contributed by atoms with E-state index in [1.54, 1.807) is 11.8 Å². The molecule has 0 aliphatic heterocycles. The van der Waals surface area contributed by atoms with Crippen LogP contribution in [0.25, 0.3) is 0 Å². The van der Waals surface area contributed by atoms with E-state index in [1.165, 1.54) is 0 Å². The van der Waals surface area contributed by atoms with Gasteiger partial charge in [0.1, 0.15) is 12.4 Å². The van der Waals surface area contributed by atoms with Crippen LogP contribution in [0.4, 0.5) is 13.2 Å². The van der Waals surface area contributed by atoms with Gasteiger partial charge in [0.05, 0.1) is 5.01 Å². The molecule has 13 heteroatoms. The van der Waals surface area contributed by atoms with Crippen LogP contribution in [-0.2, 0) is 26.2 Å². The van der Waals surface area contributed by atoms with E-state index in [0.717, 1.165) is 47.1 Å². The lowest BCUT2D eigenvalue weighted by atomic mass is 10.4. The summed E-state index contributed by atoms with van der Waals surface area (Å²) in [4.78, 5) is 8.15. The molecule has 2 rings (SSSR count). The zero-order valence-electron chi connectivity index (χ0n) is 16.4. The summed E-state index contributed by atoms with van der Waals surface area (Å²) in [6.07, 6.45) is -0.990. The fraction of sp³-hybridized carbons (Fsp3) is 0.625. The topological polar surface area (TPSA) is 80.0 Å². The lowest BCUT2D eigenvalue weighted by Gasteiger charge is -2.12. The summed E-state index contributed by atoms with van der Waals surface area (Å²) < 4.78 is 39.8. The number of aliphatic imine (C=N–C) groups is 1. The lowest BCUT2D eigenvalue weighted by molar-refractivity contribution is -0.140. The van der Waals surface area contributed by atoms with Crippen LogP contribution in [0.5, 0.6) is 0 Å². The molecule has 0 aromatic carbocycles. The van der Waals surface area contributed by atoms with Gasteiger partial charge in [-0.25, -0.2) is 9.98 Å². The molecule has 29 heavy (non-hydrogen) atoms. The summed E-state index contributed by atoms with van der Waals surface area (Å²) in [6, 6.07) is 0. The first-order valence-corrected chi connectivity index (χ1v) is 11.0. The number of aryl methyl sites for hydroxylation is 1. The van der Waals surface area contributed by atoms with Gasteiger partial charge in [-0.1, -0.05) is 0 Å². The van der Waals surface area contributed by atoms with Gasteiger partial charge >= 0.3 is 6.18 Å². The van der Waals surface area contributed by atoms with E-state index in [2.05, 4.69) is 30.8 Å². The maximum Gasteiger partial charge on any atom is 0.434 e. The van der Waals surface area contributed by atoms with Crippen molar-refractivity contribution in [1.82, 2.24) is 30.4 Å². The molecule has 0 saturated heterocycles. The SMILES string of the molecule is CSCCCNC(=NCc1nnc(C)n1C)NCCc1nc(C(F)(F)F)cs1.I.